The monoisotopic (exact) mass is 348 g/mol. The summed E-state index contributed by atoms with van der Waals surface area (Å²) >= 11 is 3.14. The molecule has 0 saturated carbocycles. The second-order valence-corrected chi connectivity index (χ2v) is 7.01. The van der Waals surface area contributed by atoms with Crippen LogP contribution < -0.4 is 0 Å². The molecule has 0 heterocycles. The third-order valence-corrected chi connectivity index (χ3v) is 4.24. The number of hydrogen-bond donors (Lipinski definition) is 0. The van der Waals surface area contributed by atoms with E-state index >= 15 is 0 Å². The van der Waals surface area contributed by atoms with Crippen molar-refractivity contribution in [2.45, 2.75) is 4.90 Å². The summed E-state index contributed by atoms with van der Waals surface area (Å²) in [5.41, 5.74) is 0.440. The van der Waals surface area contributed by atoms with Crippen LogP contribution in [0.4, 0.5) is 4.39 Å². The van der Waals surface area contributed by atoms with Gasteiger partial charge in [-0.1, -0.05) is 40.2 Å². The lowest BCUT2D eigenvalue weighted by molar-refractivity contribution is 0.609. The van der Waals surface area contributed by atoms with Crippen LogP contribution in [0, 0.1) is 5.82 Å². The molecular formula is C12H7BrClFO2S. The lowest BCUT2D eigenvalue weighted by Gasteiger charge is -2.08. The molecule has 0 unspecified atom stereocenters. The maximum Gasteiger partial charge on any atom is 0.261 e. The lowest BCUT2D eigenvalue weighted by Crippen LogP contribution is -1.95. The van der Waals surface area contributed by atoms with E-state index in [0.29, 0.717) is 4.47 Å². The summed E-state index contributed by atoms with van der Waals surface area (Å²) in [6.07, 6.45) is 0. The van der Waals surface area contributed by atoms with E-state index in [0.717, 1.165) is 0 Å². The Bertz CT molecular complexity index is 701. The Morgan fingerprint density at radius 3 is 2.33 bits per heavy atom. The molecule has 0 bridgehead atoms. The third-order valence-electron chi connectivity index (χ3n) is 2.37. The normalized spacial score (nSPS) is 11.5. The first kappa shape index (κ1) is 13.5. The van der Waals surface area contributed by atoms with Crippen molar-refractivity contribution in [3.63, 3.8) is 0 Å². The molecule has 0 amide bonds. The number of benzene rings is 2. The molecule has 0 saturated heterocycles. The molecule has 2 aromatic carbocycles. The van der Waals surface area contributed by atoms with Gasteiger partial charge in [0.15, 0.2) is 0 Å². The first-order valence-electron chi connectivity index (χ1n) is 4.89. The molecule has 0 aromatic heterocycles. The van der Waals surface area contributed by atoms with Gasteiger partial charge < -0.3 is 0 Å². The molecular weight excluding hydrogens is 343 g/mol. The molecule has 0 radical (unpaired) electrons. The zero-order valence-electron chi connectivity index (χ0n) is 8.90. The smallest absolute Gasteiger partial charge is 0.207 e. The van der Waals surface area contributed by atoms with Gasteiger partial charge in [0.25, 0.3) is 9.05 Å². The summed E-state index contributed by atoms with van der Waals surface area (Å²) in [5.74, 6) is -0.517. The highest BCUT2D eigenvalue weighted by Gasteiger charge is 2.18. The van der Waals surface area contributed by atoms with Gasteiger partial charge in [-0.2, -0.15) is 0 Å². The van der Waals surface area contributed by atoms with Crippen molar-refractivity contribution in [1.29, 1.82) is 0 Å². The van der Waals surface area contributed by atoms with E-state index < -0.39 is 14.9 Å². The molecule has 0 atom stereocenters. The number of rotatable bonds is 2. The molecule has 0 aliphatic rings. The molecule has 0 aliphatic heterocycles. The molecule has 0 N–H and O–H groups in total. The molecule has 0 fully saturated rings. The van der Waals surface area contributed by atoms with Crippen LogP contribution in [-0.4, -0.2) is 8.42 Å². The predicted molar refractivity (Wildman–Crippen MR) is 72.6 cm³/mol. The van der Waals surface area contributed by atoms with Gasteiger partial charge in [-0.05, 0) is 18.2 Å². The van der Waals surface area contributed by atoms with Crippen molar-refractivity contribution in [3.8, 4) is 11.1 Å². The average molecular weight is 350 g/mol. The minimum atomic E-state index is -3.91. The average Bonchev–Trinajstić information content (AvgIpc) is 2.28. The highest BCUT2D eigenvalue weighted by atomic mass is 79.9. The fourth-order valence-electron chi connectivity index (χ4n) is 1.61. The minimum absolute atomic E-state index is 0.104. The van der Waals surface area contributed by atoms with Crippen LogP contribution in [0.15, 0.2) is 51.8 Å². The van der Waals surface area contributed by atoms with Crippen molar-refractivity contribution in [2.75, 3.05) is 0 Å². The van der Waals surface area contributed by atoms with Gasteiger partial charge >= 0.3 is 0 Å². The van der Waals surface area contributed by atoms with E-state index in [4.69, 9.17) is 10.7 Å². The summed E-state index contributed by atoms with van der Waals surface area (Å²) < 4.78 is 37.3. The second kappa shape index (κ2) is 4.99. The molecule has 6 heteroatoms. The Balaban J connectivity index is 2.72. The molecule has 2 nitrogen and oxygen atoms in total. The molecule has 94 valence electrons. The summed E-state index contributed by atoms with van der Waals surface area (Å²) in [6.45, 7) is 0. The minimum Gasteiger partial charge on any atom is -0.207 e. The van der Waals surface area contributed by atoms with Crippen molar-refractivity contribution in [2.24, 2.45) is 0 Å². The largest absolute Gasteiger partial charge is 0.261 e. The zero-order valence-corrected chi connectivity index (χ0v) is 12.1. The lowest BCUT2D eigenvalue weighted by atomic mass is 10.1. The van der Waals surface area contributed by atoms with E-state index in [2.05, 4.69) is 15.9 Å². The van der Waals surface area contributed by atoms with Crippen molar-refractivity contribution in [3.05, 3.63) is 52.8 Å². The van der Waals surface area contributed by atoms with Gasteiger partial charge in [-0.15, -0.1) is 0 Å². The van der Waals surface area contributed by atoms with E-state index in [1.807, 2.05) is 0 Å². The van der Waals surface area contributed by atoms with Crippen molar-refractivity contribution in [1.82, 2.24) is 0 Å². The molecule has 0 aliphatic carbocycles. The van der Waals surface area contributed by atoms with Crippen LogP contribution in [0.5, 0.6) is 0 Å². The molecule has 18 heavy (non-hydrogen) atoms. The van der Waals surface area contributed by atoms with Crippen LogP contribution in [0.3, 0.4) is 0 Å². The van der Waals surface area contributed by atoms with Crippen LogP contribution >= 0.6 is 26.6 Å². The molecule has 2 aromatic rings. The van der Waals surface area contributed by atoms with Gasteiger partial charge in [0.05, 0.1) is 4.90 Å². The topological polar surface area (TPSA) is 34.1 Å². The Labute approximate surface area is 117 Å². The van der Waals surface area contributed by atoms with E-state index in [1.165, 1.54) is 30.3 Å². The predicted octanol–water partition coefficient (Wildman–Crippen LogP) is 4.18. The zero-order chi connectivity index (χ0) is 13.3. The number of halogens is 3. The Kier molecular flexibility index (Phi) is 3.75. The fourth-order valence-corrected chi connectivity index (χ4v) is 3.03. The van der Waals surface area contributed by atoms with E-state index in [1.54, 1.807) is 12.1 Å². The van der Waals surface area contributed by atoms with Crippen molar-refractivity contribution < 1.29 is 12.8 Å². The first-order valence-corrected chi connectivity index (χ1v) is 7.99. The van der Waals surface area contributed by atoms with Gasteiger partial charge in [-0.3, -0.25) is 0 Å². The van der Waals surface area contributed by atoms with Gasteiger partial charge in [0, 0.05) is 26.3 Å². The SMILES string of the molecule is O=S(=O)(Cl)c1ccccc1-c1ccc(Br)cc1F. The van der Waals surface area contributed by atoms with Crippen LogP contribution in [-0.2, 0) is 9.05 Å². The summed E-state index contributed by atoms with van der Waals surface area (Å²) in [6, 6.07) is 10.4. The van der Waals surface area contributed by atoms with Gasteiger partial charge in [0.1, 0.15) is 5.82 Å². The quantitative estimate of drug-likeness (QED) is 0.762. The second-order valence-electron chi connectivity index (χ2n) is 3.56. The van der Waals surface area contributed by atoms with Crippen LogP contribution in [0.25, 0.3) is 11.1 Å². The van der Waals surface area contributed by atoms with Crippen LogP contribution in [0.1, 0.15) is 0 Å². The highest BCUT2D eigenvalue weighted by Crippen LogP contribution is 2.32. The van der Waals surface area contributed by atoms with Gasteiger partial charge in [0.2, 0.25) is 0 Å². The summed E-state index contributed by atoms with van der Waals surface area (Å²) in [5, 5.41) is 0. The number of hydrogen-bond acceptors (Lipinski definition) is 2. The Morgan fingerprint density at radius 1 is 1.06 bits per heavy atom. The maximum atomic E-state index is 13.8. The molecule has 2 rings (SSSR count). The van der Waals surface area contributed by atoms with Crippen molar-refractivity contribution >= 4 is 35.7 Å². The maximum absolute atomic E-state index is 13.8. The Hall–Kier alpha value is -0.910. The summed E-state index contributed by atoms with van der Waals surface area (Å²) in [7, 11) is 1.42. The standard InChI is InChI=1S/C12H7BrClFO2S/c13-8-5-6-9(11(15)7-8)10-3-1-2-4-12(10)18(14,16)17/h1-7H. The van der Waals surface area contributed by atoms with Gasteiger partial charge in [-0.25, -0.2) is 12.8 Å². The Morgan fingerprint density at radius 2 is 1.72 bits per heavy atom. The first-order chi connectivity index (χ1) is 8.39. The van der Waals surface area contributed by atoms with E-state index in [-0.39, 0.29) is 16.0 Å². The highest BCUT2D eigenvalue weighted by molar-refractivity contribution is 9.10. The van der Waals surface area contributed by atoms with Crippen LogP contribution in [0.2, 0.25) is 0 Å². The third kappa shape index (κ3) is 2.74. The summed E-state index contributed by atoms with van der Waals surface area (Å²) in [4.78, 5) is -0.104. The molecule has 0 spiro atoms. The van der Waals surface area contributed by atoms with E-state index in [9.17, 15) is 12.8 Å². The fraction of sp³-hybridized carbons (Fsp3) is 0.